The first-order valence-corrected chi connectivity index (χ1v) is 11.5. The zero-order valence-corrected chi connectivity index (χ0v) is 19.5. The minimum absolute atomic E-state index is 0.0649. The molecule has 2 heterocycles. The number of aromatic nitrogens is 1. The number of amides is 3. The van der Waals surface area contributed by atoms with E-state index < -0.39 is 0 Å². The number of carbonyl (C=O) groups is 2. The smallest absolute Gasteiger partial charge is 0.320 e. The van der Waals surface area contributed by atoms with Gasteiger partial charge in [-0.2, -0.15) is 0 Å². The number of urea groups is 1. The van der Waals surface area contributed by atoms with E-state index in [1.165, 1.54) is 0 Å². The highest BCUT2D eigenvalue weighted by Crippen LogP contribution is 2.19. The molecular formula is C25H24Cl2N4O2. The van der Waals surface area contributed by atoms with Crippen LogP contribution in [0.4, 0.5) is 4.79 Å². The van der Waals surface area contributed by atoms with Gasteiger partial charge in [-0.15, -0.1) is 0 Å². The van der Waals surface area contributed by atoms with Crippen molar-refractivity contribution >= 4 is 35.1 Å². The highest BCUT2D eigenvalue weighted by Gasteiger charge is 2.28. The maximum Gasteiger partial charge on any atom is 0.320 e. The molecule has 1 aliphatic rings. The molecule has 3 amide bonds. The Labute approximate surface area is 203 Å². The summed E-state index contributed by atoms with van der Waals surface area (Å²) < 4.78 is 0. The van der Waals surface area contributed by atoms with Crippen molar-refractivity contribution in [2.45, 2.75) is 13.1 Å². The SMILES string of the molecule is O=C(c1cccnc1)N1CCN(C(=O)N(Cc2cccc(Cl)c2)Cc2cccc(Cl)c2)CC1. The summed E-state index contributed by atoms with van der Waals surface area (Å²) >= 11 is 12.3. The number of halogens is 2. The molecule has 1 aromatic heterocycles. The topological polar surface area (TPSA) is 56.8 Å². The van der Waals surface area contributed by atoms with Gasteiger partial charge in [-0.05, 0) is 47.5 Å². The van der Waals surface area contributed by atoms with E-state index in [0.717, 1.165) is 11.1 Å². The van der Waals surface area contributed by atoms with Crippen molar-refractivity contribution in [3.05, 3.63) is 99.8 Å². The number of carbonyl (C=O) groups excluding carboxylic acids is 2. The summed E-state index contributed by atoms with van der Waals surface area (Å²) in [7, 11) is 0. The van der Waals surface area contributed by atoms with Gasteiger partial charge in [0.15, 0.2) is 0 Å². The molecule has 3 aromatic rings. The summed E-state index contributed by atoms with van der Waals surface area (Å²) in [4.78, 5) is 35.6. The van der Waals surface area contributed by atoms with E-state index in [1.54, 1.807) is 39.2 Å². The predicted octanol–water partition coefficient (Wildman–Crippen LogP) is 4.97. The molecule has 1 fully saturated rings. The van der Waals surface area contributed by atoms with Crippen molar-refractivity contribution in [3.63, 3.8) is 0 Å². The minimum Gasteiger partial charge on any atom is -0.335 e. The predicted molar refractivity (Wildman–Crippen MR) is 129 cm³/mol. The van der Waals surface area contributed by atoms with Crippen LogP contribution in [0.5, 0.6) is 0 Å². The Morgan fingerprint density at radius 1 is 0.818 bits per heavy atom. The lowest BCUT2D eigenvalue weighted by atomic mass is 10.1. The molecule has 0 unspecified atom stereocenters. The molecule has 0 spiro atoms. The Morgan fingerprint density at radius 3 is 1.91 bits per heavy atom. The van der Waals surface area contributed by atoms with E-state index >= 15 is 0 Å². The minimum atomic E-state index is -0.0802. The van der Waals surface area contributed by atoms with Gasteiger partial charge in [0, 0.05) is 61.7 Å². The molecule has 0 N–H and O–H groups in total. The van der Waals surface area contributed by atoms with Crippen molar-refractivity contribution in [2.24, 2.45) is 0 Å². The standard InChI is InChI=1S/C25H24Cl2N4O2/c26-22-7-1-4-19(14-22)17-31(18-20-5-2-8-23(27)15-20)25(33)30-12-10-29(11-13-30)24(32)21-6-3-9-28-16-21/h1-9,14-16H,10-13,17-18H2. The maximum absolute atomic E-state index is 13.5. The van der Waals surface area contributed by atoms with Gasteiger partial charge in [0.25, 0.3) is 5.91 Å². The van der Waals surface area contributed by atoms with Gasteiger partial charge >= 0.3 is 6.03 Å². The van der Waals surface area contributed by atoms with Gasteiger partial charge in [0.2, 0.25) is 0 Å². The first-order chi connectivity index (χ1) is 16.0. The summed E-state index contributed by atoms with van der Waals surface area (Å²) in [5.41, 5.74) is 2.45. The summed E-state index contributed by atoms with van der Waals surface area (Å²) in [6.45, 7) is 2.71. The zero-order valence-electron chi connectivity index (χ0n) is 18.0. The molecule has 0 radical (unpaired) electrons. The number of hydrogen-bond donors (Lipinski definition) is 0. The molecule has 0 saturated carbocycles. The number of piperazine rings is 1. The van der Waals surface area contributed by atoms with Gasteiger partial charge in [-0.3, -0.25) is 9.78 Å². The lowest BCUT2D eigenvalue weighted by molar-refractivity contribution is 0.0634. The van der Waals surface area contributed by atoms with Crippen LogP contribution >= 0.6 is 23.2 Å². The third-order valence-corrected chi connectivity index (χ3v) is 6.01. The molecule has 2 aromatic carbocycles. The lowest BCUT2D eigenvalue weighted by Gasteiger charge is -2.37. The highest BCUT2D eigenvalue weighted by molar-refractivity contribution is 6.30. The van der Waals surface area contributed by atoms with E-state index in [-0.39, 0.29) is 11.9 Å². The number of hydrogen-bond acceptors (Lipinski definition) is 3. The van der Waals surface area contributed by atoms with Crippen LogP contribution in [-0.2, 0) is 13.1 Å². The maximum atomic E-state index is 13.5. The first kappa shape index (κ1) is 23.1. The zero-order chi connectivity index (χ0) is 23.2. The Morgan fingerprint density at radius 2 is 1.39 bits per heavy atom. The lowest BCUT2D eigenvalue weighted by Crippen LogP contribution is -2.53. The van der Waals surface area contributed by atoms with E-state index in [2.05, 4.69) is 4.98 Å². The van der Waals surface area contributed by atoms with Crippen LogP contribution in [0.25, 0.3) is 0 Å². The second kappa shape index (κ2) is 10.7. The fraction of sp³-hybridized carbons (Fsp3) is 0.240. The van der Waals surface area contributed by atoms with Crippen LogP contribution in [0, 0.1) is 0 Å². The Kier molecular flexibility index (Phi) is 7.47. The molecule has 4 rings (SSSR count). The molecular weight excluding hydrogens is 459 g/mol. The molecule has 6 nitrogen and oxygen atoms in total. The fourth-order valence-electron chi connectivity index (χ4n) is 3.88. The Bertz CT molecular complexity index is 1070. The Hall–Kier alpha value is -3.09. The van der Waals surface area contributed by atoms with Crippen molar-refractivity contribution in [2.75, 3.05) is 26.2 Å². The van der Waals surface area contributed by atoms with Gasteiger partial charge in [-0.1, -0.05) is 47.5 Å². The van der Waals surface area contributed by atoms with Gasteiger partial charge in [-0.25, -0.2) is 4.79 Å². The molecule has 170 valence electrons. The average molecular weight is 483 g/mol. The molecule has 0 atom stereocenters. The summed E-state index contributed by atoms with van der Waals surface area (Å²) in [6.07, 6.45) is 3.21. The molecule has 8 heteroatoms. The highest BCUT2D eigenvalue weighted by atomic mass is 35.5. The number of benzene rings is 2. The molecule has 0 bridgehead atoms. The quantitative estimate of drug-likeness (QED) is 0.515. The number of rotatable bonds is 5. The van der Waals surface area contributed by atoms with Crippen molar-refractivity contribution < 1.29 is 9.59 Å². The van der Waals surface area contributed by atoms with Crippen LogP contribution in [0.15, 0.2) is 73.1 Å². The normalized spacial score (nSPS) is 13.6. The van der Waals surface area contributed by atoms with Crippen molar-refractivity contribution in [1.29, 1.82) is 0 Å². The summed E-state index contributed by atoms with van der Waals surface area (Å²) in [6, 6.07) is 18.4. The van der Waals surface area contributed by atoms with Crippen LogP contribution in [-0.4, -0.2) is 57.8 Å². The molecule has 1 saturated heterocycles. The van der Waals surface area contributed by atoms with Gasteiger partial charge in [0.05, 0.1) is 5.56 Å². The van der Waals surface area contributed by atoms with Gasteiger partial charge < -0.3 is 14.7 Å². The van der Waals surface area contributed by atoms with Crippen LogP contribution in [0.1, 0.15) is 21.5 Å². The summed E-state index contributed by atoms with van der Waals surface area (Å²) in [5, 5.41) is 1.26. The van der Waals surface area contributed by atoms with Gasteiger partial charge in [0.1, 0.15) is 0 Å². The molecule has 0 aliphatic carbocycles. The molecule has 1 aliphatic heterocycles. The van der Waals surface area contributed by atoms with Crippen molar-refractivity contribution in [1.82, 2.24) is 19.7 Å². The largest absolute Gasteiger partial charge is 0.335 e. The van der Waals surface area contributed by atoms with Crippen LogP contribution in [0.2, 0.25) is 10.0 Å². The second-order valence-electron chi connectivity index (χ2n) is 7.92. The third kappa shape index (κ3) is 6.03. The number of pyridine rings is 1. The average Bonchev–Trinajstić information content (AvgIpc) is 2.83. The summed E-state index contributed by atoms with van der Waals surface area (Å²) in [5.74, 6) is -0.0649. The van der Waals surface area contributed by atoms with Crippen LogP contribution in [0.3, 0.4) is 0 Å². The van der Waals surface area contributed by atoms with E-state index in [1.807, 2.05) is 48.5 Å². The first-order valence-electron chi connectivity index (χ1n) is 10.7. The Balaban J connectivity index is 1.46. The van der Waals surface area contributed by atoms with E-state index in [9.17, 15) is 9.59 Å². The fourth-order valence-corrected chi connectivity index (χ4v) is 4.30. The second-order valence-corrected chi connectivity index (χ2v) is 8.79. The van der Waals surface area contributed by atoms with Crippen LogP contribution < -0.4 is 0 Å². The number of nitrogens with zero attached hydrogens (tertiary/aromatic N) is 4. The van der Waals surface area contributed by atoms with Crippen molar-refractivity contribution in [3.8, 4) is 0 Å². The monoisotopic (exact) mass is 482 g/mol. The third-order valence-electron chi connectivity index (χ3n) is 5.54. The van der Waals surface area contributed by atoms with E-state index in [4.69, 9.17) is 23.2 Å². The molecule has 33 heavy (non-hydrogen) atoms. The van der Waals surface area contributed by atoms with E-state index in [0.29, 0.717) is 54.9 Å².